The third kappa shape index (κ3) is 9.84. The molecule has 3 aromatic carbocycles. The van der Waals surface area contributed by atoms with Crippen molar-refractivity contribution >= 4 is 41.1 Å². The molecular weight excluding hydrogens is 766 g/mol. The highest BCUT2D eigenvalue weighted by Gasteiger charge is 2.39. The first-order valence-electron chi connectivity index (χ1n) is 18.9. The van der Waals surface area contributed by atoms with Gasteiger partial charge in [0, 0.05) is 46.5 Å². The zero-order valence-corrected chi connectivity index (χ0v) is 34.2. The second-order valence-electron chi connectivity index (χ2n) is 14.7. The van der Waals surface area contributed by atoms with E-state index in [1.165, 1.54) is 78.1 Å². The van der Waals surface area contributed by atoms with Crippen molar-refractivity contribution in [3.05, 3.63) is 77.4 Å². The molecule has 6 rings (SSSR count). The summed E-state index contributed by atoms with van der Waals surface area (Å²) in [5.41, 5.74) is 1.23. The lowest BCUT2D eigenvalue weighted by Crippen LogP contribution is -2.61. The molecule has 6 bridgehead atoms. The summed E-state index contributed by atoms with van der Waals surface area (Å²) in [6.07, 6.45) is -0.342. The van der Waals surface area contributed by atoms with Gasteiger partial charge < -0.3 is 44.9 Å². The van der Waals surface area contributed by atoms with Crippen LogP contribution in [-0.4, -0.2) is 132 Å². The van der Waals surface area contributed by atoms with Gasteiger partial charge in [0.1, 0.15) is 53.4 Å². The van der Waals surface area contributed by atoms with Crippen LogP contribution in [0.1, 0.15) is 37.5 Å². The second kappa shape index (κ2) is 18.5. The van der Waals surface area contributed by atoms with Crippen LogP contribution in [0.3, 0.4) is 0 Å². The molecule has 316 valence electrons. The number of nitrogens with one attached hydrogen (secondary N) is 3. The van der Waals surface area contributed by atoms with Gasteiger partial charge in [-0.05, 0) is 67.8 Å². The molecular formula is C41H51N7O11. The number of carbonyl (C=O) groups is 6. The molecule has 6 atom stereocenters. The van der Waals surface area contributed by atoms with Crippen LogP contribution in [0.4, 0.5) is 5.69 Å². The molecule has 18 nitrogen and oxygen atoms in total. The van der Waals surface area contributed by atoms with Crippen LogP contribution in [-0.2, 0) is 48.0 Å². The minimum Gasteiger partial charge on any atom is -0.497 e. The van der Waals surface area contributed by atoms with Crippen molar-refractivity contribution in [3.8, 4) is 23.0 Å². The second-order valence-corrected chi connectivity index (χ2v) is 14.7. The van der Waals surface area contributed by atoms with Gasteiger partial charge in [0.25, 0.3) is 0 Å². The molecule has 1 fully saturated rings. The summed E-state index contributed by atoms with van der Waals surface area (Å²) >= 11 is 0. The monoisotopic (exact) mass is 817 g/mol. The summed E-state index contributed by atoms with van der Waals surface area (Å²) in [5.74, 6) is -2.91. The van der Waals surface area contributed by atoms with Crippen LogP contribution < -0.4 is 35.4 Å². The molecule has 18 heteroatoms. The Labute approximate surface area is 341 Å². The molecule has 0 saturated carbocycles. The number of anilines is 1. The minimum absolute atomic E-state index is 0.0321. The van der Waals surface area contributed by atoms with Crippen LogP contribution in [0.5, 0.6) is 23.0 Å². The molecule has 3 aliphatic rings. The van der Waals surface area contributed by atoms with Gasteiger partial charge in [-0.2, -0.15) is 0 Å². The van der Waals surface area contributed by atoms with E-state index in [4.69, 9.17) is 14.2 Å². The fourth-order valence-electron chi connectivity index (χ4n) is 7.07. The van der Waals surface area contributed by atoms with E-state index in [-0.39, 0.29) is 47.2 Å². The van der Waals surface area contributed by atoms with Crippen LogP contribution in [0.2, 0.25) is 0 Å². The Kier molecular flexibility index (Phi) is 13.7. The van der Waals surface area contributed by atoms with Crippen molar-refractivity contribution in [2.45, 2.75) is 76.3 Å². The molecule has 0 radical (unpaired) electrons. The quantitative estimate of drug-likeness (QED) is 0.231. The number of ether oxygens (including phenoxy) is 3. The third-order valence-electron chi connectivity index (χ3n) is 10.7. The smallest absolute Gasteiger partial charge is 0.246 e. The van der Waals surface area contributed by atoms with Crippen molar-refractivity contribution < 1.29 is 53.4 Å². The van der Waals surface area contributed by atoms with Gasteiger partial charge in [0.15, 0.2) is 11.5 Å². The number of hydrogen-bond acceptors (Lipinski definition) is 12. The predicted octanol–water partition coefficient (Wildman–Crippen LogP) is 1.43. The number of benzene rings is 3. The van der Waals surface area contributed by atoms with Crippen LogP contribution >= 0.6 is 0 Å². The maximum atomic E-state index is 14.8. The van der Waals surface area contributed by atoms with Gasteiger partial charge in [0.05, 0.1) is 14.2 Å². The maximum Gasteiger partial charge on any atom is 0.246 e. The molecule has 1 saturated heterocycles. The van der Waals surface area contributed by atoms with E-state index in [2.05, 4.69) is 16.0 Å². The Balaban J connectivity index is 1.62. The lowest BCUT2D eigenvalue weighted by Gasteiger charge is -2.37. The molecule has 0 aromatic heterocycles. The zero-order chi connectivity index (χ0) is 43.3. The highest BCUT2D eigenvalue weighted by atomic mass is 16.8. The average molecular weight is 818 g/mol. The van der Waals surface area contributed by atoms with E-state index in [1.807, 2.05) is 0 Å². The molecule has 3 aromatic rings. The summed E-state index contributed by atoms with van der Waals surface area (Å²) < 4.78 is 16.9. The summed E-state index contributed by atoms with van der Waals surface area (Å²) in [6, 6.07) is 8.91. The fourth-order valence-corrected chi connectivity index (χ4v) is 7.07. The number of methoxy groups -OCH3 is 2. The Morgan fingerprint density at radius 1 is 0.678 bits per heavy atom. The molecule has 59 heavy (non-hydrogen) atoms. The predicted molar refractivity (Wildman–Crippen MR) is 212 cm³/mol. The van der Waals surface area contributed by atoms with E-state index in [0.29, 0.717) is 22.6 Å². The van der Waals surface area contributed by atoms with E-state index >= 15 is 0 Å². The normalized spacial score (nSPS) is 23.7. The highest BCUT2D eigenvalue weighted by Crippen LogP contribution is 2.38. The van der Waals surface area contributed by atoms with Crippen LogP contribution in [0.25, 0.3) is 0 Å². The Bertz CT molecular complexity index is 2060. The summed E-state index contributed by atoms with van der Waals surface area (Å²) in [4.78, 5) is 88.4. The minimum atomic E-state index is -1.42. The zero-order valence-electron chi connectivity index (χ0n) is 34.2. The van der Waals surface area contributed by atoms with Crippen LogP contribution in [0.15, 0.2) is 60.7 Å². The number of rotatable bonds is 5. The Morgan fingerprint density at radius 3 is 1.85 bits per heavy atom. The van der Waals surface area contributed by atoms with Gasteiger partial charge >= 0.3 is 0 Å². The first-order valence-corrected chi connectivity index (χ1v) is 18.9. The molecule has 0 aliphatic carbocycles. The third-order valence-corrected chi connectivity index (χ3v) is 10.7. The number of hydrogen-bond donors (Lipinski definition) is 5. The van der Waals surface area contributed by atoms with Gasteiger partial charge in [-0.3, -0.25) is 39.2 Å². The van der Waals surface area contributed by atoms with Crippen molar-refractivity contribution in [2.75, 3.05) is 40.6 Å². The number of fused-ring (bicyclic) bond motifs is 2. The summed E-state index contributed by atoms with van der Waals surface area (Å²) in [5, 5.41) is 28.4. The summed E-state index contributed by atoms with van der Waals surface area (Å²) in [7, 11) is 7.07. The standard InChI is InChI=1S/C41H51N7O11/c1-22-36(49)43-23(2)39(52)45(4)31(17-25-9-13-28(57-7)14-10-25)37(50)44-24(3)40(53)47(6)33-18-26-11-15-29(16-12-26)59-35-20-27(30(48(55)56)21-34(35)58-8)19-32(38(51)42-22)46(5)41(33)54/h9-16,20-24,31-33,55-56H,17-19H2,1-8H3,(H,42,51)(H,43,49)(H,44,50). The molecule has 3 aliphatic heterocycles. The topological polar surface area (TPSA) is 220 Å². The van der Waals surface area contributed by atoms with Crippen molar-refractivity contribution in [1.82, 2.24) is 30.7 Å². The van der Waals surface area contributed by atoms with E-state index in [0.717, 1.165) is 4.90 Å². The number of carbonyl (C=O) groups excluding carboxylic acids is 6. The van der Waals surface area contributed by atoms with E-state index in [1.54, 1.807) is 48.5 Å². The van der Waals surface area contributed by atoms with Crippen molar-refractivity contribution in [1.29, 1.82) is 0 Å². The number of amides is 6. The Hall–Kier alpha value is -6.40. The van der Waals surface area contributed by atoms with Gasteiger partial charge in [-0.25, -0.2) is 0 Å². The SMILES string of the molecule is COc1ccc(CC2C(=O)NC(C)C(=O)N(C)C3Cc4ccc(cc4)Oc4cc(c(N(O)O)cc4OC)CC(C(=O)NC(C)C(=O)NC(C)C(=O)N2C)N(C)C3=O)cc1. The van der Waals surface area contributed by atoms with Crippen molar-refractivity contribution in [2.24, 2.45) is 0 Å². The lowest BCUT2D eigenvalue weighted by atomic mass is 9.98. The molecule has 6 unspecified atom stereocenters. The van der Waals surface area contributed by atoms with E-state index in [9.17, 15) is 39.2 Å². The lowest BCUT2D eigenvalue weighted by molar-refractivity contribution is -0.149. The van der Waals surface area contributed by atoms with Gasteiger partial charge in [-0.15, -0.1) is 5.23 Å². The first-order chi connectivity index (χ1) is 27.9. The van der Waals surface area contributed by atoms with Crippen LogP contribution in [0, 0.1) is 0 Å². The average Bonchev–Trinajstić information content (AvgIpc) is 3.22. The van der Waals surface area contributed by atoms with Gasteiger partial charge in [0.2, 0.25) is 35.4 Å². The number of likely N-dealkylation sites (N-methyl/N-ethyl adjacent to an activating group) is 3. The molecule has 3 heterocycles. The van der Waals surface area contributed by atoms with Gasteiger partial charge in [-0.1, -0.05) is 24.3 Å². The largest absolute Gasteiger partial charge is 0.497 e. The first kappa shape index (κ1) is 43.7. The highest BCUT2D eigenvalue weighted by molar-refractivity contribution is 5.98. The molecule has 5 N–H and O–H groups in total. The van der Waals surface area contributed by atoms with Crippen molar-refractivity contribution in [3.63, 3.8) is 0 Å². The summed E-state index contributed by atoms with van der Waals surface area (Å²) in [6.45, 7) is 4.29. The number of nitrogens with zero attached hydrogens (tertiary/aromatic N) is 4. The molecule has 0 spiro atoms. The van der Waals surface area contributed by atoms with E-state index < -0.39 is 71.7 Å². The molecule has 6 amide bonds. The Morgan fingerprint density at radius 2 is 1.25 bits per heavy atom. The fraction of sp³-hybridized carbons (Fsp3) is 0.415. The maximum absolute atomic E-state index is 14.8.